The Morgan fingerprint density at radius 2 is 1.91 bits per heavy atom. The quantitative estimate of drug-likeness (QED) is 0.157. The Hall–Kier alpha value is -3.51. The van der Waals surface area contributed by atoms with E-state index in [0.29, 0.717) is 33.0 Å². The Bertz CT molecular complexity index is 1680. The summed E-state index contributed by atoms with van der Waals surface area (Å²) in [5.74, 6) is 0.430. The Balaban J connectivity index is 1.06. The fraction of sp³-hybridized carbons (Fsp3) is 0.452. The van der Waals surface area contributed by atoms with Crippen LogP contribution in [0.5, 0.6) is 0 Å². The number of carbonyl (C=O) groups is 1. The Morgan fingerprint density at radius 3 is 2.67 bits per heavy atom. The Morgan fingerprint density at radius 1 is 1.12 bits per heavy atom. The van der Waals surface area contributed by atoms with Crippen LogP contribution in [0.3, 0.4) is 0 Å². The summed E-state index contributed by atoms with van der Waals surface area (Å²) in [4.78, 5) is 18.7. The molecule has 43 heavy (non-hydrogen) atoms. The number of rotatable bonds is 7. The molecule has 2 aliphatic carbocycles. The standard InChI is InChI=1S/C31H29F4N3O4S/c1-40-29(39)18-11-24(32)27-25(12-18)43-30(36-27)38-13-17-8-9-20(10-19(17)14-38)41-15-22-26(37-42-28(22)16-6-7-16)21-4-2-3-5-23(21)31(33,34)35/h2-5,11-12,16-17,19-20H,6-10,13-15H2,1H3/t17-,19+,20+/m0/s1. The van der Waals surface area contributed by atoms with Crippen LogP contribution in [-0.2, 0) is 22.3 Å². The molecule has 0 radical (unpaired) electrons. The predicted molar refractivity (Wildman–Crippen MR) is 151 cm³/mol. The summed E-state index contributed by atoms with van der Waals surface area (Å²) in [6, 6.07) is 8.21. The molecule has 0 spiro atoms. The van der Waals surface area contributed by atoms with Gasteiger partial charge in [0.15, 0.2) is 10.9 Å². The van der Waals surface area contributed by atoms with Gasteiger partial charge in [0.25, 0.3) is 0 Å². The molecular weight excluding hydrogens is 586 g/mol. The number of hydrogen-bond acceptors (Lipinski definition) is 8. The number of ether oxygens (including phenoxy) is 2. The smallest absolute Gasteiger partial charge is 0.417 e. The summed E-state index contributed by atoms with van der Waals surface area (Å²) in [5.41, 5.74) is 0.471. The van der Waals surface area contributed by atoms with Gasteiger partial charge in [-0.15, -0.1) is 0 Å². The zero-order valence-corrected chi connectivity index (χ0v) is 24.1. The predicted octanol–water partition coefficient (Wildman–Crippen LogP) is 7.59. The molecule has 0 amide bonds. The minimum absolute atomic E-state index is 0.00497. The summed E-state index contributed by atoms with van der Waals surface area (Å²) >= 11 is 1.36. The molecule has 0 N–H and O–H groups in total. The molecule has 7 nitrogen and oxygen atoms in total. The second kappa shape index (κ2) is 10.9. The van der Waals surface area contributed by atoms with Gasteiger partial charge in [-0.2, -0.15) is 13.2 Å². The van der Waals surface area contributed by atoms with E-state index in [0.717, 1.165) is 57.3 Å². The number of nitrogens with zero attached hydrogens (tertiary/aromatic N) is 3. The molecule has 2 aromatic heterocycles. The summed E-state index contributed by atoms with van der Waals surface area (Å²) in [5, 5.41) is 4.82. The first-order valence-corrected chi connectivity index (χ1v) is 15.2. The highest BCUT2D eigenvalue weighted by molar-refractivity contribution is 7.22. The van der Waals surface area contributed by atoms with E-state index in [1.807, 2.05) is 0 Å². The van der Waals surface area contributed by atoms with Crippen molar-refractivity contribution in [2.24, 2.45) is 11.8 Å². The van der Waals surface area contributed by atoms with E-state index in [9.17, 15) is 22.4 Å². The van der Waals surface area contributed by atoms with Gasteiger partial charge < -0.3 is 18.9 Å². The van der Waals surface area contributed by atoms with Crippen LogP contribution in [0.2, 0.25) is 0 Å². The van der Waals surface area contributed by atoms with Gasteiger partial charge in [-0.3, -0.25) is 0 Å². The van der Waals surface area contributed by atoms with E-state index < -0.39 is 23.5 Å². The van der Waals surface area contributed by atoms with Crippen LogP contribution in [-0.4, -0.2) is 42.4 Å². The average molecular weight is 616 g/mol. The van der Waals surface area contributed by atoms with E-state index in [-0.39, 0.29) is 41.0 Å². The van der Waals surface area contributed by atoms with E-state index >= 15 is 0 Å². The maximum atomic E-state index is 14.7. The molecule has 12 heteroatoms. The van der Waals surface area contributed by atoms with Gasteiger partial charge in [0.05, 0.1) is 35.6 Å². The zero-order chi connectivity index (χ0) is 29.9. The largest absolute Gasteiger partial charge is 0.465 e. The lowest BCUT2D eigenvalue weighted by molar-refractivity contribution is -0.137. The molecule has 3 fully saturated rings. The molecule has 226 valence electrons. The van der Waals surface area contributed by atoms with Crippen LogP contribution in [0, 0.1) is 17.7 Å². The van der Waals surface area contributed by atoms with E-state index in [4.69, 9.17) is 14.0 Å². The third kappa shape index (κ3) is 5.39. The van der Waals surface area contributed by atoms with E-state index in [1.54, 1.807) is 12.1 Å². The lowest BCUT2D eigenvalue weighted by atomic mass is 9.80. The number of anilines is 1. The number of methoxy groups -OCH3 is 1. The molecule has 7 rings (SSSR count). The minimum Gasteiger partial charge on any atom is -0.465 e. The topological polar surface area (TPSA) is 77.7 Å². The van der Waals surface area contributed by atoms with E-state index in [1.165, 1.54) is 30.6 Å². The van der Waals surface area contributed by atoms with Gasteiger partial charge >= 0.3 is 12.1 Å². The number of hydrogen-bond donors (Lipinski definition) is 0. The first kappa shape index (κ1) is 28.3. The molecule has 3 atom stereocenters. The molecular formula is C31H29F4N3O4S. The number of alkyl halides is 3. The molecule has 3 heterocycles. The maximum absolute atomic E-state index is 14.7. The second-order valence-electron chi connectivity index (χ2n) is 11.7. The molecule has 1 aliphatic heterocycles. The summed E-state index contributed by atoms with van der Waals surface area (Å²) < 4.78 is 73.5. The molecule has 1 saturated heterocycles. The van der Waals surface area contributed by atoms with E-state index in [2.05, 4.69) is 15.0 Å². The molecule has 0 bridgehead atoms. The number of benzene rings is 2. The molecule has 0 unspecified atom stereocenters. The lowest BCUT2D eigenvalue weighted by Gasteiger charge is -2.30. The van der Waals surface area contributed by atoms with Crippen LogP contribution >= 0.6 is 11.3 Å². The highest BCUT2D eigenvalue weighted by Gasteiger charge is 2.41. The number of fused-ring (bicyclic) bond motifs is 2. The fourth-order valence-corrected chi connectivity index (χ4v) is 7.56. The molecule has 3 aliphatic rings. The highest BCUT2D eigenvalue weighted by atomic mass is 32.1. The SMILES string of the molecule is COC(=O)c1cc(F)c2nc(N3C[C@H]4C[C@H](OCc5c(-c6ccccc6C(F)(F)F)noc5C5CC5)CC[C@H]4C3)sc2c1. The van der Waals surface area contributed by atoms with Crippen molar-refractivity contribution < 1.29 is 36.4 Å². The van der Waals surface area contributed by atoms with Crippen LogP contribution in [0.25, 0.3) is 21.5 Å². The van der Waals surface area contributed by atoms with Crippen molar-refractivity contribution in [2.75, 3.05) is 25.1 Å². The molecule has 4 aromatic rings. The third-order valence-electron chi connectivity index (χ3n) is 8.85. The van der Waals surface area contributed by atoms with Crippen molar-refractivity contribution in [1.82, 2.24) is 10.1 Å². The third-order valence-corrected chi connectivity index (χ3v) is 9.91. The zero-order valence-electron chi connectivity index (χ0n) is 23.3. The van der Waals surface area contributed by atoms with Crippen LogP contribution in [0.15, 0.2) is 40.9 Å². The Labute approximate surface area is 248 Å². The van der Waals surface area contributed by atoms with Crippen molar-refractivity contribution in [3.8, 4) is 11.3 Å². The van der Waals surface area contributed by atoms with Crippen LogP contribution in [0.4, 0.5) is 22.7 Å². The lowest BCUT2D eigenvalue weighted by Crippen LogP contribution is -2.28. The number of esters is 1. The number of carbonyl (C=O) groups excluding carboxylic acids is 1. The summed E-state index contributed by atoms with van der Waals surface area (Å²) in [7, 11) is 1.26. The molecule has 2 saturated carbocycles. The summed E-state index contributed by atoms with van der Waals surface area (Å²) in [6.45, 7) is 1.70. The molecule has 2 aromatic carbocycles. The minimum atomic E-state index is -4.52. The first-order valence-electron chi connectivity index (χ1n) is 14.4. The van der Waals surface area contributed by atoms with Gasteiger partial charge in [-0.1, -0.05) is 34.7 Å². The fourth-order valence-electron chi connectivity index (χ4n) is 6.52. The van der Waals surface area contributed by atoms with Gasteiger partial charge in [-0.05, 0) is 62.1 Å². The Kier molecular flexibility index (Phi) is 7.16. The van der Waals surface area contributed by atoms with Gasteiger partial charge in [-0.25, -0.2) is 14.2 Å². The van der Waals surface area contributed by atoms with Crippen molar-refractivity contribution in [3.63, 3.8) is 0 Å². The number of halogens is 4. The number of aromatic nitrogens is 2. The van der Waals surface area contributed by atoms with Crippen molar-refractivity contribution in [2.45, 2.75) is 56.9 Å². The first-order chi connectivity index (χ1) is 20.7. The second-order valence-corrected chi connectivity index (χ2v) is 12.7. The van der Waals surface area contributed by atoms with Gasteiger partial charge in [0.2, 0.25) is 0 Å². The van der Waals surface area contributed by atoms with Crippen molar-refractivity contribution in [1.29, 1.82) is 0 Å². The van der Waals surface area contributed by atoms with Gasteiger partial charge in [0.1, 0.15) is 17.0 Å². The highest BCUT2D eigenvalue weighted by Crippen LogP contribution is 2.47. The normalized spacial score (nSPS) is 22.3. The number of thiazole rings is 1. The maximum Gasteiger partial charge on any atom is 0.417 e. The monoisotopic (exact) mass is 615 g/mol. The van der Waals surface area contributed by atoms with Crippen molar-refractivity contribution in [3.05, 3.63) is 64.7 Å². The van der Waals surface area contributed by atoms with Crippen LogP contribution < -0.4 is 4.90 Å². The summed E-state index contributed by atoms with van der Waals surface area (Å²) in [6.07, 6.45) is -0.129. The van der Waals surface area contributed by atoms with Crippen molar-refractivity contribution >= 4 is 32.7 Å². The van der Waals surface area contributed by atoms with Gasteiger partial charge in [0, 0.05) is 30.1 Å². The average Bonchev–Trinajstić information content (AvgIpc) is 3.39. The van der Waals surface area contributed by atoms with Crippen LogP contribution in [0.1, 0.15) is 65.3 Å².